The molecule has 0 saturated heterocycles. The minimum absolute atomic E-state index is 0.0390. The predicted octanol–water partition coefficient (Wildman–Crippen LogP) is 4.65. The van der Waals surface area contributed by atoms with E-state index in [9.17, 15) is 18.4 Å². The van der Waals surface area contributed by atoms with Crippen LogP contribution in [0.25, 0.3) is 11.4 Å². The van der Waals surface area contributed by atoms with E-state index in [-0.39, 0.29) is 34.8 Å². The first-order chi connectivity index (χ1) is 18.7. The zero-order chi connectivity index (χ0) is 27.7. The summed E-state index contributed by atoms with van der Waals surface area (Å²) in [5, 5.41) is 13.8. The first-order valence-electron chi connectivity index (χ1n) is 11.8. The SMILES string of the molecule is C[C@@H](OC(=O)Nc1c(-c2ccc(NC(=O)[C@@H]3C[C@H]3c3ccncc3Cl)cn2)nnn1C)c1cc(F)cnc1F. The lowest BCUT2D eigenvalue weighted by Crippen LogP contribution is -2.19. The minimum atomic E-state index is -1.13. The Kier molecular flexibility index (Phi) is 7.15. The van der Waals surface area contributed by atoms with Gasteiger partial charge in [-0.25, -0.2) is 18.9 Å². The average Bonchev–Trinajstić information content (AvgIpc) is 3.63. The van der Waals surface area contributed by atoms with Crippen LogP contribution in [-0.2, 0) is 16.6 Å². The van der Waals surface area contributed by atoms with E-state index in [4.69, 9.17) is 16.3 Å². The van der Waals surface area contributed by atoms with Gasteiger partial charge in [0, 0.05) is 25.4 Å². The van der Waals surface area contributed by atoms with Gasteiger partial charge >= 0.3 is 6.09 Å². The van der Waals surface area contributed by atoms with Crippen molar-refractivity contribution in [1.82, 2.24) is 29.9 Å². The first-order valence-corrected chi connectivity index (χ1v) is 12.1. The second kappa shape index (κ2) is 10.7. The van der Waals surface area contributed by atoms with Gasteiger partial charge in [-0.1, -0.05) is 16.8 Å². The molecule has 200 valence electrons. The van der Waals surface area contributed by atoms with Gasteiger partial charge < -0.3 is 10.1 Å². The fraction of sp³-hybridized carbons (Fsp3) is 0.240. The van der Waals surface area contributed by atoms with Crippen LogP contribution in [0.4, 0.5) is 25.1 Å². The molecular formula is C25H21ClF2N8O3. The number of aromatic nitrogens is 6. The van der Waals surface area contributed by atoms with E-state index >= 15 is 0 Å². The van der Waals surface area contributed by atoms with Crippen LogP contribution in [-0.4, -0.2) is 41.9 Å². The van der Waals surface area contributed by atoms with E-state index < -0.39 is 24.0 Å². The highest BCUT2D eigenvalue weighted by Gasteiger charge is 2.44. The third-order valence-electron chi connectivity index (χ3n) is 6.21. The standard InChI is InChI=1S/C25H21ClF2N8O3/c1-12(16-7-13(27)9-31-22(16)28)39-25(38)33-23-21(34-35-36(23)2)20-4-3-14(10-30-20)32-24(37)18-8-17(18)15-5-6-29-11-19(15)26/h3-7,9-12,17-18H,8H2,1-2H3,(H,32,37)(H,33,38)/t12-,17+,18-/m1/s1. The number of hydrogen-bond donors (Lipinski definition) is 2. The highest BCUT2D eigenvalue weighted by atomic mass is 35.5. The lowest BCUT2D eigenvalue weighted by Gasteiger charge is -2.15. The van der Waals surface area contributed by atoms with Gasteiger partial charge in [-0.3, -0.25) is 20.1 Å². The molecule has 4 aromatic heterocycles. The molecular weight excluding hydrogens is 534 g/mol. The Balaban J connectivity index is 1.23. The van der Waals surface area contributed by atoms with E-state index in [1.165, 1.54) is 17.8 Å². The number of nitrogens with zero attached hydrogens (tertiary/aromatic N) is 6. The van der Waals surface area contributed by atoms with E-state index in [2.05, 4.69) is 35.9 Å². The summed E-state index contributed by atoms with van der Waals surface area (Å²) >= 11 is 6.19. The van der Waals surface area contributed by atoms with Crippen molar-refractivity contribution in [2.24, 2.45) is 13.0 Å². The molecule has 0 radical (unpaired) electrons. The number of amides is 2. The molecule has 5 rings (SSSR count). The summed E-state index contributed by atoms with van der Waals surface area (Å²) in [5.74, 6) is -1.87. The molecule has 14 heteroatoms. The van der Waals surface area contributed by atoms with E-state index in [0.717, 1.165) is 17.8 Å². The van der Waals surface area contributed by atoms with Crippen molar-refractivity contribution in [3.8, 4) is 11.4 Å². The molecule has 4 heterocycles. The average molecular weight is 555 g/mol. The maximum atomic E-state index is 13.9. The number of pyridine rings is 3. The van der Waals surface area contributed by atoms with Crippen LogP contribution in [0.5, 0.6) is 0 Å². The molecule has 1 aliphatic carbocycles. The van der Waals surface area contributed by atoms with Crippen LogP contribution >= 0.6 is 11.6 Å². The number of aryl methyl sites for hydroxylation is 1. The van der Waals surface area contributed by atoms with Crippen LogP contribution in [0.3, 0.4) is 0 Å². The summed E-state index contributed by atoms with van der Waals surface area (Å²) in [6, 6.07) is 5.97. The largest absolute Gasteiger partial charge is 0.441 e. The van der Waals surface area contributed by atoms with Gasteiger partial charge in [0.15, 0.2) is 11.5 Å². The molecule has 0 spiro atoms. The zero-order valence-corrected chi connectivity index (χ0v) is 21.4. The summed E-state index contributed by atoms with van der Waals surface area (Å²) < 4.78 is 33.8. The van der Waals surface area contributed by atoms with Crippen molar-refractivity contribution in [1.29, 1.82) is 0 Å². The smallest absolute Gasteiger partial charge is 0.413 e. The van der Waals surface area contributed by atoms with Crippen molar-refractivity contribution in [2.45, 2.75) is 25.4 Å². The number of nitrogens with one attached hydrogen (secondary N) is 2. The quantitative estimate of drug-likeness (QED) is 0.315. The Bertz CT molecular complexity index is 1550. The van der Waals surface area contributed by atoms with Gasteiger partial charge in [-0.05, 0) is 49.1 Å². The maximum Gasteiger partial charge on any atom is 0.413 e. The molecule has 39 heavy (non-hydrogen) atoms. The molecule has 11 nitrogen and oxygen atoms in total. The number of carbonyl (C=O) groups is 2. The van der Waals surface area contributed by atoms with Gasteiger partial charge in [0.2, 0.25) is 11.9 Å². The molecule has 0 aromatic carbocycles. The van der Waals surface area contributed by atoms with Crippen molar-refractivity contribution in [2.75, 3.05) is 10.6 Å². The molecule has 1 aliphatic rings. The Morgan fingerprint density at radius 2 is 1.97 bits per heavy atom. The number of halogens is 3. The molecule has 4 aromatic rings. The van der Waals surface area contributed by atoms with Crippen molar-refractivity contribution in [3.63, 3.8) is 0 Å². The van der Waals surface area contributed by atoms with Gasteiger partial charge in [0.05, 0.1) is 34.4 Å². The Labute approximate surface area is 225 Å². The Hall–Kier alpha value is -4.52. The molecule has 0 unspecified atom stereocenters. The summed E-state index contributed by atoms with van der Waals surface area (Å²) in [7, 11) is 1.54. The molecule has 2 N–H and O–H groups in total. The fourth-order valence-corrected chi connectivity index (χ4v) is 4.36. The van der Waals surface area contributed by atoms with E-state index in [1.807, 2.05) is 6.07 Å². The van der Waals surface area contributed by atoms with Crippen LogP contribution < -0.4 is 10.6 Å². The third-order valence-corrected chi connectivity index (χ3v) is 6.52. The fourth-order valence-electron chi connectivity index (χ4n) is 4.10. The highest BCUT2D eigenvalue weighted by molar-refractivity contribution is 6.31. The second-order valence-electron chi connectivity index (χ2n) is 8.88. The first kappa shape index (κ1) is 26.1. The van der Waals surface area contributed by atoms with Crippen molar-refractivity contribution >= 4 is 35.1 Å². The van der Waals surface area contributed by atoms with Gasteiger partial charge in [0.25, 0.3) is 0 Å². The van der Waals surface area contributed by atoms with Crippen LogP contribution in [0.1, 0.15) is 36.5 Å². The van der Waals surface area contributed by atoms with Crippen molar-refractivity contribution in [3.05, 3.63) is 77.0 Å². The van der Waals surface area contributed by atoms with Crippen LogP contribution in [0, 0.1) is 17.7 Å². The normalized spacial score (nSPS) is 16.8. The minimum Gasteiger partial charge on any atom is -0.441 e. The van der Waals surface area contributed by atoms with Crippen LogP contribution in [0.15, 0.2) is 49.1 Å². The molecule has 1 fully saturated rings. The Morgan fingerprint density at radius 3 is 2.72 bits per heavy atom. The lowest BCUT2D eigenvalue weighted by molar-refractivity contribution is -0.117. The molecule has 2 amide bonds. The maximum absolute atomic E-state index is 13.9. The van der Waals surface area contributed by atoms with Gasteiger partial charge in [-0.15, -0.1) is 5.10 Å². The van der Waals surface area contributed by atoms with Gasteiger partial charge in [0.1, 0.15) is 11.9 Å². The summed E-state index contributed by atoms with van der Waals surface area (Å²) in [5.41, 5.74) is 1.75. The number of anilines is 2. The number of hydrogen-bond acceptors (Lipinski definition) is 8. The lowest BCUT2D eigenvalue weighted by atomic mass is 10.1. The molecule has 0 bridgehead atoms. The van der Waals surface area contributed by atoms with Gasteiger partial charge in [-0.2, -0.15) is 4.39 Å². The molecule has 3 atom stereocenters. The number of ether oxygens (including phenoxy) is 1. The van der Waals surface area contributed by atoms with Crippen molar-refractivity contribution < 1.29 is 23.1 Å². The Morgan fingerprint density at radius 1 is 1.15 bits per heavy atom. The predicted molar refractivity (Wildman–Crippen MR) is 136 cm³/mol. The second-order valence-corrected chi connectivity index (χ2v) is 9.29. The third kappa shape index (κ3) is 5.67. The summed E-state index contributed by atoms with van der Waals surface area (Å²) in [6.45, 7) is 1.38. The number of rotatable bonds is 7. The monoisotopic (exact) mass is 554 g/mol. The number of carbonyl (C=O) groups excluding carboxylic acids is 2. The van der Waals surface area contributed by atoms with Crippen LogP contribution in [0.2, 0.25) is 5.02 Å². The topological polar surface area (TPSA) is 137 Å². The van der Waals surface area contributed by atoms with E-state index in [0.29, 0.717) is 22.8 Å². The van der Waals surface area contributed by atoms with E-state index in [1.54, 1.807) is 31.6 Å². The molecule has 1 saturated carbocycles. The summed E-state index contributed by atoms with van der Waals surface area (Å²) in [6.07, 6.45) is 4.01. The summed E-state index contributed by atoms with van der Waals surface area (Å²) in [4.78, 5) is 36.8. The highest BCUT2D eigenvalue weighted by Crippen LogP contribution is 2.49. The zero-order valence-electron chi connectivity index (χ0n) is 20.6. The molecule has 0 aliphatic heterocycles.